The molecule has 0 aliphatic heterocycles. The molecule has 0 saturated carbocycles. The number of amides is 1. The number of fused-ring (bicyclic) bond motifs is 1. The van der Waals surface area contributed by atoms with Crippen LogP contribution in [0.4, 0.5) is 5.69 Å². The van der Waals surface area contributed by atoms with Crippen molar-refractivity contribution < 1.29 is 19.4 Å². The number of azo groups is 1. The Kier molecular flexibility index (Phi) is 5.02. The van der Waals surface area contributed by atoms with E-state index in [4.69, 9.17) is 4.74 Å². The van der Waals surface area contributed by atoms with Crippen LogP contribution in [-0.2, 0) is 16.1 Å². The van der Waals surface area contributed by atoms with Crippen LogP contribution >= 0.6 is 0 Å². The minimum Gasteiger partial charge on any atom is -0.493 e. The van der Waals surface area contributed by atoms with Crippen LogP contribution in [0.25, 0.3) is 10.9 Å². The number of esters is 1. The van der Waals surface area contributed by atoms with E-state index in [1.54, 1.807) is 43.3 Å². The van der Waals surface area contributed by atoms with E-state index in [0.717, 1.165) is 0 Å². The van der Waals surface area contributed by atoms with Gasteiger partial charge in [-0.15, -0.1) is 10.2 Å². The number of pyridine rings is 1. The third kappa shape index (κ3) is 3.44. The molecule has 1 amide bonds. The van der Waals surface area contributed by atoms with Gasteiger partial charge in [0.25, 0.3) is 0 Å². The average Bonchev–Trinajstić information content (AvgIpc) is 2.92. The highest BCUT2D eigenvalue weighted by Crippen LogP contribution is 2.38. The van der Waals surface area contributed by atoms with Gasteiger partial charge >= 0.3 is 11.9 Å². The van der Waals surface area contributed by atoms with Crippen molar-refractivity contribution in [2.45, 2.75) is 13.5 Å². The molecule has 1 aromatic carbocycles. The van der Waals surface area contributed by atoms with Crippen molar-refractivity contribution in [1.29, 1.82) is 0 Å². The van der Waals surface area contributed by atoms with Gasteiger partial charge in [0, 0.05) is 11.6 Å². The maximum absolute atomic E-state index is 12.0. The van der Waals surface area contributed by atoms with Crippen LogP contribution in [-0.4, -0.2) is 33.1 Å². The third-order valence-corrected chi connectivity index (χ3v) is 3.63. The molecule has 0 atom stereocenters. The highest BCUT2D eigenvalue weighted by Gasteiger charge is 2.19. The van der Waals surface area contributed by atoms with Crippen molar-refractivity contribution >= 4 is 28.5 Å². The number of rotatable bonds is 5. The van der Waals surface area contributed by atoms with Gasteiger partial charge in [0.1, 0.15) is 12.2 Å². The number of aromatic nitrogens is 2. The Morgan fingerprint density at radius 2 is 1.96 bits per heavy atom. The molecule has 0 radical (unpaired) electrons. The van der Waals surface area contributed by atoms with Gasteiger partial charge in [0.05, 0.1) is 12.1 Å². The van der Waals surface area contributed by atoms with Gasteiger partial charge in [-0.2, -0.15) is 0 Å². The smallest absolute Gasteiger partial charge is 0.326 e. The summed E-state index contributed by atoms with van der Waals surface area (Å²) in [6, 6.07) is 11.8. The Hall–Kier alpha value is -3.55. The molecule has 0 aliphatic rings. The van der Waals surface area contributed by atoms with Gasteiger partial charge in [-0.3, -0.25) is 19.1 Å². The topological polar surface area (TPSA) is 106 Å². The van der Waals surface area contributed by atoms with Gasteiger partial charge in [-0.25, -0.2) is 0 Å². The molecule has 0 unspecified atom stereocenters. The van der Waals surface area contributed by atoms with Crippen molar-refractivity contribution in [2.24, 2.45) is 10.2 Å². The highest BCUT2D eigenvalue weighted by molar-refractivity contribution is 5.97. The predicted octanol–water partition coefficient (Wildman–Crippen LogP) is 3.23. The number of benzene rings is 1. The van der Waals surface area contributed by atoms with Crippen LogP contribution in [0.3, 0.4) is 0 Å². The fraction of sp³-hybridized carbons (Fsp3) is 0.167. The number of para-hydroxylation sites is 1. The first kappa shape index (κ1) is 17.3. The molecule has 26 heavy (non-hydrogen) atoms. The number of aromatic hydroxyl groups is 1. The second-order valence-corrected chi connectivity index (χ2v) is 5.30. The molecule has 2 aromatic heterocycles. The summed E-state index contributed by atoms with van der Waals surface area (Å²) in [7, 11) is 0. The second-order valence-electron chi connectivity index (χ2n) is 5.30. The molecular weight excluding hydrogens is 336 g/mol. The number of hydrogen-bond acceptors (Lipinski definition) is 6. The third-order valence-electron chi connectivity index (χ3n) is 3.63. The van der Waals surface area contributed by atoms with E-state index >= 15 is 0 Å². The van der Waals surface area contributed by atoms with Crippen LogP contribution in [0, 0.1) is 0 Å². The van der Waals surface area contributed by atoms with Crippen molar-refractivity contribution in [3.05, 3.63) is 54.4 Å². The van der Waals surface area contributed by atoms with E-state index < -0.39 is 11.9 Å². The highest BCUT2D eigenvalue weighted by atomic mass is 16.5. The quantitative estimate of drug-likeness (QED) is 0.560. The summed E-state index contributed by atoms with van der Waals surface area (Å²) in [5, 5.41) is 18.6. The van der Waals surface area contributed by atoms with Crippen molar-refractivity contribution in [1.82, 2.24) is 9.55 Å². The van der Waals surface area contributed by atoms with Gasteiger partial charge in [0.2, 0.25) is 5.88 Å². The lowest BCUT2D eigenvalue weighted by Crippen LogP contribution is -2.12. The lowest BCUT2D eigenvalue weighted by Gasteiger charge is -2.06. The number of ether oxygens (including phenoxy) is 1. The minimum atomic E-state index is -0.632. The lowest BCUT2D eigenvalue weighted by molar-refractivity contribution is -0.143. The fourth-order valence-corrected chi connectivity index (χ4v) is 2.50. The molecule has 2 heterocycles. The van der Waals surface area contributed by atoms with E-state index in [0.29, 0.717) is 10.9 Å². The molecule has 3 aromatic rings. The minimum absolute atomic E-state index is 0.106. The summed E-state index contributed by atoms with van der Waals surface area (Å²) >= 11 is 0. The Bertz CT molecular complexity index is 980. The Morgan fingerprint density at radius 1 is 1.19 bits per heavy atom. The first-order chi connectivity index (χ1) is 12.6. The first-order valence-electron chi connectivity index (χ1n) is 7.94. The summed E-state index contributed by atoms with van der Waals surface area (Å²) < 4.78 is 6.30. The van der Waals surface area contributed by atoms with E-state index in [9.17, 15) is 14.7 Å². The molecule has 0 fully saturated rings. The van der Waals surface area contributed by atoms with Crippen molar-refractivity contribution in [3.8, 4) is 5.88 Å². The molecule has 0 aliphatic carbocycles. The van der Waals surface area contributed by atoms with Crippen LogP contribution < -0.4 is 0 Å². The molecule has 3 rings (SSSR count). The Labute approximate surface area is 148 Å². The number of carbonyl (C=O) groups excluding carboxylic acids is 2. The zero-order valence-corrected chi connectivity index (χ0v) is 14.0. The van der Waals surface area contributed by atoms with Gasteiger partial charge in [-0.05, 0) is 25.1 Å². The summed E-state index contributed by atoms with van der Waals surface area (Å²) in [5.74, 6) is -1.39. The van der Waals surface area contributed by atoms with E-state index in [1.165, 1.54) is 16.8 Å². The van der Waals surface area contributed by atoms with E-state index in [2.05, 4.69) is 15.2 Å². The standard InChI is InChI=1S/C18H16N4O4/c1-2-26-15(23)11-22-14-9-4-3-7-12(14)16(18(22)25)20-21-17(24)13-8-5-6-10-19-13/h3-10,25H,2,11H2,1H3. The van der Waals surface area contributed by atoms with Gasteiger partial charge < -0.3 is 9.84 Å². The van der Waals surface area contributed by atoms with Crippen molar-refractivity contribution in [3.63, 3.8) is 0 Å². The second kappa shape index (κ2) is 7.56. The number of hydrogen-bond donors (Lipinski definition) is 1. The monoisotopic (exact) mass is 352 g/mol. The van der Waals surface area contributed by atoms with Crippen LogP contribution in [0.5, 0.6) is 5.88 Å². The molecule has 0 bridgehead atoms. The van der Waals surface area contributed by atoms with Gasteiger partial charge in [-0.1, -0.05) is 24.3 Å². The van der Waals surface area contributed by atoms with Crippen LogP contribution in [0.15, 0.2) is 58.9 Å². The van der Waals surface area contributed by atoms with E-state index in [-0.39, 0.29) is 30.4 Å². The summed E-state index contributed by atoms with van der Waals surface area (Å²) in [5.41, 5.74) is 0.831. The molecule has 8 nitrogen and oxygen atoms in total. The molecule has 132 valence electrons. The molecule has 0 saturated heterocycles. The lowest BCUT2D eigenvalue weighted by atomic mass is 10.2. The number of carbonyl (C=O) groups is 2. The molecule has 8 heteroatoms. The largest absolute Gasteiger partial charge is 0.493 e. The number of nitrogens with zero attached hydrogens (tertiary/aromatic N) is 4. The SMILES string of the molecule is CCOC(=O)Cn1c(O)c(N=NC(=O)c2ccccn2)c2ccccc21. The fourth-order valence-electron chi connectivity index (χ4n) is 2.50. The Balaban J connectivity index is 1.98. The maximum atomic E-state index is 12.0. The summed E-state index contributed by atoms with van der Waals surface area (Å²) in [6.07, 6.45) is 1.48. The van der Waals surface area contributed by atoms with Crippen LogP contribution in [0.1, 0.15) is 17.4 Å². The zero-order valence-electron chi connectivity index (χ0n) is 14.0. The van der Waals surface area contributed by atoms with Gasteiger partial charge in [0.15, 0.2) is 5.69 Å². The average molecular weight is 352 g/mol. The normalized spacial score (nSPS) is 11.1. The predicted molar refractivity (Wildman–Crippen MR) is 93.3 cm³/mol. The summed E-state index contributed by atoms with van der Waals surface area (Å²) in [6.45, 7) is 1.77. The first-order valence-corrected chi connectivity index (χ1v) is 7.94. The molecular formula is C18H16N4O4. The van der Waals surface area contributed by atoms with E-state index in [1.807, 2.05) is 0 Å². The van der Waals surface area contributed by atoms with Crippen molar-refractivity contribution in [2.75, 3.05) is 6.61 Å². The summed E-state index contributed by atoms with van der Waals surface area (Å²) in [4.78, 5) is 27.8. The zero-order chi connectivity index (χ0) is 18.5. The maximum Gasteiger partial charge on any atom is 0.326 e. The molecule has 1 N–H and O–H groups in total. The van der Waals surface area contributed by atoms with Crippen LogP contribution in [0.2, 0.25) is 0 Å². The Morgan fingerprint density at radius 3 is 2.69 bits per heavy atom. The molecule has 0 spiro atoms.